The predicted octanol–water partition coefficient (Wildman–Crippen LogP) is 1.98. The minimum Gasteiger partial charge on any atom is -0.387 e. The van der Waals surface area contributed by atoms with Crippen LogP contribution in [0.3, 0.4) is 0 Å². The van der Waals surface area contributed by atoms with E-state index in [1.807, 2.05) is 11.8 Å². The van der Waals surface area contributed by atoms with Crippen LogP contribution in [0.4, 0.5) is 5.82 Å². The van der Waals surface area contributed by atoms with Gasteiger partial charge in [-0.25, -0.2) is 9.97 Å². The molecule has 2 aliphatic heterocycles. The number of aryl methyl sites for hydroxylation is 1. The largest absolute Gasteiger partial charge is 0.387 e. The van der Waals surface area contributed by atoms with Crippen molar-refractivity contribution in [2.24, 2.45) is 0 Å². The zero-order chi connectivity index (χ0) is 20.4. The molecule has 1 atom stereocenters. The number of β-amino-alcohol motifs (C(OH)–C–C–N with tert-alkyl or cyclic N) is 1. The predicted molar refractivity (Wildman–Crippen MR) is 113 cm³/mol. The normalized spacial score (nSPS) is 26.9. The number of carbonyl (C=O) groups excluding carboxylic acids is 1. The fraction of sp³-hybridized carbons (Fsp3) is 0.773. The monoisotopic (exact) mass is 401 g/mol. The van der Waals surface area contributed by atoms with E-state index in [0.717, 1.165) is 63.3 Å². The molecule has 3 heterocycles. The molecule has 1 unspecified atom stereocenters. The number of rotatable bonds is 5. The summed E-state index contributed by atoms with van der Waals surface area (Å²) in [6.45, 7) is 7.51. The Balaban J connectivity index is 1.36. The van der Waals surface area contributed by atoms with E-state index in [9.17, 15) is 9.90 Å². The van der Waals surface area contributed by atoms with Crippen molar-refractivity contribution in [1.82, 2.24) is 19.8 Å². The Bertz CT molecular complexity index is 717. The second-order valence-electron chi connectivity index (χ2n) is 9.29. The van der Waals surface area contributed by atoms with Crippen LogP contribution in [0.2, 0.25) is 0 Å². The Kier molecular flexibility index (Phi) is 6.06. The standard InChI is InChI=1S/C22H35N5O2/c1-17-13-21(24-16-23-17)27(19-5-6-19)20-7-11-25(12-8-20)14-22(29)9-3-4-10-26(15-22)18(2)28/h13,16,19-20,29H,3-12,14-15H2,1-2H3. The molecule has 2 saturated heterocycles. The van der Waals surface area contributed by atoms with Crippen LogP contribution in [-0.2, 0) is 4.79 Å². The number of carbonyl (C=O) groups is 1. The highest BCUT2D eigenvalue weighted by atomic mass is 16.3. The van der Waals surface area contributed by atoms with Crippen LogP contribution in [-0.4, -0.2) is 81.2 Å². The maximum atomic E-state index is 11.9. The number of aromatic nitrogens is 2. The van der Waals surface area contributed by atoms with Gasteiger partial charge in [0, 0.05) is 56.9 Å². The first-order valence-corrected chi connectivity index (χ1v) is 11.2. The van der Waals surface area contributed by atoms with Crippen LogP contribution in [0.1, 0.15) is 57.6 Å². The van der Waals surface area contributed by atoms with Gasteiger partial charge in [-0.15, -0.1) is 0 Å². The average molecular weight is 402 g/mol. The molecule has 0 bridgehead atoms. The Morgan fingerprint density at radius 3 is 2.55 bits per heavy atom. The summed E-state index contributed by atoms with van der Waals surface area (Å²) in [4.78, 5) is 27.4. The van der Waals surface area contributed by atoms with E-state index >= 15 is 0 Å². The van der Waals surface area contributed by atoms with Crippen LogP contribution >= 0.6 is 0 Å². The van der Waals surface area contributed by atoms with Gasteiger partial charge in [-0.3, -0.25) is 4.79 Å². The lowest BCUT2D eigenvalue weighted by atomic mass is 9.94. The maximum Gasteiger partial charge on any atom is 0.219 e. The summed E-state index contributed by atoms with van der Waals surface area (Å²) in [7, 11) is 0. The molecule has 3 fully saturated rings. The zero-order valence-electron chi connectivity index (χ0n) is 17.9. The quantitative estimate of drug-likeness (QED) is 0.813. The molecule has 0 radical (unpaired) electrons. The van der Waals surface area contributed by atoms with Crippen LogP contribution in [0, 0.1) is 6.92 Å². The molecule has 0 aromatic carbocycles. The summed E-state index contributed by atoms with van der Waals surface area (Å²) in [5, 5.41) is 11.2. The van der Waals surface area contributed by atoms with Gasteiger partial charge in [0.2, 0.25) is 5.91 Å². The van der Waals surface area contributed by atoms with E-state index in [0.29, 0.717) is 25.2 Å². The third-order valence-electron chi connectivity index (χ3n) is 6.71. The average Bonchev–Trinajstić information content (AvgIpc) is 3.52. The lowest BCUT2D eigenvalue weighted by Gasteiger charge is -2.42. The fourth-order valence-corrected chi connectivity index (χ4v) is 5.05. The highest BCUT2D eigenvalue weighted by Gasteiger charge is 2.39. The van der Waals surface area contributed by atoms with Gasteiger partial charge in [0.1, 0.15) is 12.1 Å². The van der Waals surface area contributed by atoms with E-state index < -0.39 is 5.60 Å². The molecule has 0 spiro atoms. The molecular weight excluding hydrogens is 366 g/mol. The fourth-order valence-electron chi connectivity index (χ4n) is 5.05. The summed E-state index contributed by atoms with van der Waals surface area (Å²) < 4.78 is 0. The number of anilines is 1. The number of aliphatic hydroxyl groups is 1. The first-order valence-electron chi connectivity index (χ1n) is 11.2. The van der Waals surface area contributed by atoms with Gasteiger partial charge in [0.25, 0.3) is 0 Å². The van der Waals surface area contributed by atoms with Crippen LogP contribution in [0.25, 0.3) is 0 Å². The molecule has 1 aromatic rings. The number of piperidine rings is 1. The van der Waals surface area contributed by atoms with Gasteiger partial charge < -0.3 is 19.8 Å². The first kappa shape index (κ1) is 20.5. The third-order valence-corrected chi connectivity index (χ3v) is 6.71. The van der Waals surface area contributed by atoms with Crippen molar-refractivity contribution in [3.63, 3.8) is 0 Å². The first-order chi connectivity index (χ1) is 13.9. The second kappa shape index (κ2) is 8.56. The number of likely N-dealkylation sites (tertiary alicyclic amines) is 2. The summed E-state index contributed by atoms with van der Waals surface area (Å²) in [5.41, 5.74) is 0.235. The van der Waals surface area contributed by atoms with E-state index in [1.165, 1.54) is 12.8 Å². The lowest BCUT2D eigenvalue weighted by molar-refractivity contribution is -0.132. The molecular formula is C22H35N5O2. The topological polar surface area (TPSA) is 72.8 Å². The van der Waals surface area contributed by atoms with Crippen molar-refractivity contribution < 1.29 is 9.90 Å². The molecule has 4 rings (SSSR count). The van der Waals surface area contributed by atoms with Crippen molar-refractivity contribution >= 4 is 11.7 Å². The smallest absolute Gasteiger partial charge is 0.219 e. The summed E-state index contributed by atoms with van der Waals surface area (Å²) in [6.07, 6.45) is 9.12. The van der Waals surface area contributed by atoms with Gasteiger partial charge in [-0.2, -0.15) is 0 Å². The molecule has 1 N–H and O–H groups in total. The van der Waals surface area contributed by atoms with E-state index in [4.69, 9.17) is 0 Å². The molecule has 1 amide bonds. The van der Waals surface area contributed by atoms with Gasteiger partial charge in [-0.1, -0.05) is 0 Å². The highest BCUT2D eigenvalue weighted by Crippen LogP contribution is 2.35. The van der Waals surface area contributed by atoms with Crippen molar-refractivity contribution in [2.75, 3.05) is 37.6 Å². The minimum absolute atomic E-state index is 0.0734. The van der Waals surface area contributed by atoms with Crippen LogP contribution in [0.5, 0.6) is 0 Å². The molecule has 1 saturated carbocycles. The number of hydrogen-bond donors (Lipinski definition) is 1. The van der Waals surface area contributed by atoms with Crippen molar-refractivity contribution in [1.29, 1.82) is 0 Å². The number of amides is 1. The van der Waals surface area contributed by atoms with Crippen LogP contribution < -0.4 is 4.90 Å². The van der Waals surface area contributed by atoms with Gasteiger partial charge in [0.15, 0.2) is 0 Å². The van der Waals surface area contributed by atoms with Crippen molar-refractivity contribution in [3.05, 3.63) is 18.1 Å². The summed E-state index contributed by atoms with van der Waals surface area (Å²) in [6, 6.07) is 3.23. The van der Waals surface area contributed by atoms with Crippen molar-refractivity contribution in [3.8, 4) is 0 Å². The molecule has 160 valence electrons. The van der Waals surface area contributed by atoms with Gasteiger partial charge in [0.05, 0.1) is 12.1 Å². The third kappa shape index (κ3) is 5.07. The summed E-state index contributed by atoms with van der Waals surface area (Å²) in [5.74, 6) is 1.14. The van der Waals surface area contributed by atoms with E-state index in [2.05, 4.69) is 25.8 Å². The Morgan fingerprint density at radius 2 is 1.90 bits per heavy atom. The molecule has 29 heavy (non-hydrogen) atoms. The number of nitrogens with zero attached hydrogens (tertiary/aromatic N) is 5. The minimum atomic E-state index is -0.783. The highest BCUT2D eigenvalue weighted by molar-refractivity contribution is 5.73. The lowest BCUT2D eigenvalue weighted by Crippen LogP contribution is -2.54. The van der Waals surface area contributed by atoms with Gasteiger partial charge in [-0.05, 0) is 51.9 Å². The molecule has 7 nitrogen and oxygen atoms in total. The Hall–Kier alpha value is -1.73. The van der Waals surface area contributed by atoms with Gasteiger partial charge >= 0.3 is 0 Å². The number of hydrogen-bond acceptors (Lipinski definition) is 6. The molecule has 7 heteroatoms. The van der Waals surface area contributed by atoms with Crippen molar-refractivity contribution in [2.45, 2.75) is 76.5 Å². The Morgan fingerprint density at radius 1 is 1.17 bits per heavy atom. The van der Waals surface area contributed by atoms with E-state index in [-0.39, 0.29) is 5.91 Å². The SMILES string of the molecule is CC(=O)N1CCCCC(O)(CN2CCC(N(c3cc(C)ncn3)C3CC3)CC2)C1. The Labute approximate surface area is 174 Å². The molecule has 1 aromatic heterocycles. The summed E-state index contributed by atoms with van der Waals surface area (Å²) >= 11 is 0. The molecule has 3 aliphatic rings. The second-order valence-corrected chi connectivity index (χ2v) is 9.29. The van der Waals surface area contributed by atoms with E-state index in [1.54, 1.807) is 13.3 Å². The molecule has 1 aliphatic carbocycles. The zero-order valence-corrected chi connectivity index (χ0v) is 17.9. The van der Waals surface area contributed by atoms with Crippen LogP contribution in [0.15, 0.2) is 12.4 Å². The maximum absolute atomic E-state index is 11.9.